The van der Waals surface area contributed by atoms with Crippen molar-refractivity contribution in [3.8, 4) is 5.75 Å². The van der Waals surface area contributed by atoms with Crippen molar-refractivity contribution in [2.45, 2.75) is 26.7 Å². The van der Waals surface area contributed by atoms with E-state index in [0.29, 0.717) is 11.7 Å². The van der Waals surface area contributed by atoms with Crippen LogP contribution in [0.15, 0.2) is 23.7 Å². The predicted octanol–water partition coefficient (Wildman–Crippen LogP) is 3.68. The fourth-order valence-corrected chi connectivity index (χ4v) is 2.48. The molecule has 18 heavy (non-hydrogen) atoms. The van der Waals surface area contributed by atoms with Crippen molar-refractivity contribution in [1.29, 1.82) is 0 Å². The quantitative estimate of drug-likeness (QED) is 0.883. The molecule has 3 nitrogen and oxygen atoms in total. The minimum absolute atomic E-state index is 0.381. The first-order valence-corrected chi connectivity index (χ1v) is 6.89. The molecule has 0 aliphatic rings. The molecule has 0 fully saturated rings. The van der Waals surface area contributed by atoms with Crippen LogP contribution in [0.25, 0.3) is 0 Å². The number of nitrogens with one attached hydrogen (secondary N) is 1. The maximum absolute atomic E-state index is 9.77. The van der Waals surface area contributed by atoms with Crippen LogP contribution in [0.5, 0.6) is 5.75 Å². The summed E-state index contributed by atoms with van der Waals surface area (Å²) in [6, 6.07) is 4.10. The van der Waals surface area contributed by atoms with Gasteiger partial charge in [0, 0.05) is 18.1 Å². The Balaban J connectivity index is 2.07. The summed E-state index contributed by atoms with van der Waals surface area (Å²) in [5.74, 6) is 0.783. The molecule has 1 unspecified atom stereocenters. The predicted molar refractivity (Wildman–Crippen MR) is 76.6 cm³/mol. The second-order valence-electron chi connectivity index (χ2n) is 4.62. The van der Waals surface area contributed by atoms with E-state index in [2.05, 4.69) is 29.4 Å². The fraction of sp³-hybridized carbons (Fsp3) is 0.357. The zero-order chi connectivity index (χ0) is 13.1. The van der Waals surface area contributed by atoms with Gasteiger partial charge >= 0.3 is 0 Å². The van der Waals surface area contributed by atoms with Crippen LogP contribution in [-0.2, 0) is 0 Å². The van der Waals surface area contributed by atoms with Gasteiger partial charge in [-0.1, -0.05) is 19.1 Å². The zero-order valence-electron chi connectivity index (χ0n) is 10.9. The zero-order valence-corrected chi connectivity index (χ0v) is 11.7. The van der Waals surface area contributed by atoms with Crippen LogP contribution in [0, 0.1) is 13.8 Å². The molecule has 2 aromatic rings. The number of hydrogen-bond donors (Lipinski definition) is 2. The monoisotopic (exact) mass is 262 g/mol. The number of phenols is 1. The Labute approximate surface area is 112 Å². The van der Waals surface area contributed by atoms with Gasteiger partial charge in [0.25, 0.3) is 0 Å². The highest BCUT2D eigenvalue weighted by molar-refractivity contribution is 7.13. The molecular formula is C14H18N2OS. The highest BCUT2D eigenvalue weighted by Gasteiger charge is 2.10. The standard InChI is InChI=1S/C14H18N2OS/c1-9-6-12(7-10(2)13(9)17)11(3)8-16-14-15-4-5-18-14/h4-7,11,17H,8H2,1-3H3,(H,15,16). The Morgan fingerprint density at radius 3 is 2.56 bits per heavy atom. The summed E-state index contributed by atoms with van der Waals surface area (Å²) in [5, 5.41) is 16.0. The minimum Gasteiger partial charge on any atom is -0.507 e. The SMILES string of the molecule is Cc1cc(C(C)CNc2nccs2)cc(C)c1O. The second kappa shape index (κ2) is 5.40. The number of thiazole rings is 1. The molecule has 2 N–H and O–H groups in total. The first kappa shape index (κ1) is 12.9. The van der Waals surface area contributed by atoms with Crippen LogP contribution >= 0.6 is 11.3 Å². The van der Waals surface area contributed by atoms with E-state index in [4.69, 9.17) is 0 Å². The third kappa shape index (κ3) is 2.82. The Morgan fingerprint density at radius 1 is 1.33 bits per heavy atom. The summed E-state index contributed by atoms with van der Waals surface area (Å²) in [5.41, 5.74) is 3.11. The van der Waals surface area contributed by atoms with Gasteiger partial charge in [0.1, 0.15) is 5.75 Å². The van der Waals surface area contributed by atoms with Crippen molar-refractivity contribution < 1.29 is 5.11 Å². The Bertz CT molecular complexity index is 500. The second-order valence-corrected chi connectivity index (χ2v) is 5.52. The molecule has 1 atom stereocenters. The number of benzene rings is 1. The summed E-state index contributed by atoms with van der Waals surface area (Å²) in [6.45, 7) is 6.89. The van der Waals surface area contributed by atoms with E-state index in [1.807, 2.05) is 19.2 Å². The van der Waals surface area contributed by atoms with Crippen molar-refractivity contribution >= 4 is 16.5 Å². The highest BCUT2D eigenvalue weighted by atomic mass is 32.1. The van der Waals surface area contributed by atoms with Gasteiger partial charge in [-0.3, -0.25) is 0 Å². The van der Waals surface area contributed by atoms with E-state index in [0.717, 1.165) is 22.8 Å². The number of anilines is 1. The van der Waals surface area contributed by atoms with Gasteiger partial charge < -0.3 is 10.4 Å². The molecule has 0 saturated carbocycles. The maximum atomic E-state index is 9.77. The van der Waals surface area contributed by atoms with Crippen LogP contribution in [0.2, 0.25) is 0 Å². The lowest BCUT2D eigenvalue weighted by molar-refractivity contribution is 0.466. The van der Waals surface area contributed by atoms with Gasteiger partial charge in [-0.25, -0.2) is 4.98 Å². The van der Waals surface area contributed by atoms with Gasteiger partial charge in [-0.2, -0.15) is 0 Å². The first-order chi connectivity index (χ1) is 8.58. The Morgan fingerprint density at radius 2 is 2.00 bits per heavy atom. The average Bonchev–Trinajstić information content (AvgIpc) is 2.85. The largest absolute Gasteiger partial charge is 0.507 e. The molecule has 0 aliphatic heterocycles. The number of phenolic OH excluding ortho intramolecular Hbond substituents is 1. The topological polar surface area (TPSA) is 45.2 Å². The highest BCUT2D eigenvalue weighted by Crippen LogP contribution is 2.27. The van der Waals surface area contributed by atoms with Crippen LogP contribution < -0.4 is 5.32 Å². The number of rotatable bonds is 4. The molecule has 0 aliphatic carbocycles. The third-order valence-electron chi connectivity index (χ3n) is 3.07. The van der Waals surface area contributed by atoms with E-state index in [1.165, 1.54) is 5.56 Å². The van der Waals surface area contributed by atoms with Crippen molar-refractivity contribution in [3.63, 3.8) is 0 Å². The summed E-state index contributed by atoms with van der Waals surface area (Å²) < 4.78 is 0. The molecule has 0 radical (unpaired) electrons. The normalized spacial score (nSPS) is 12.4. The molecule has 0 amide bonds. The molecule has 0 bridgehead atoms. The molecule has 96 valence electrons. The number of aromatic nitrogens is 1. The van der Waals surface area contributed by atoms with Crippen molar-refractivity contribution in [2.75, 3.05) is 11.9 Å². The lowest BCUT2D eigenvalue weighted by Gasteiger charge is -2.15. The molecule has 2 rings (SSSR count). The Hall–Kier alpha value is -1.55. The van der Waals surface area contributed by atoms with Crippen molar-refractivity contribution in [3.05, 3.63) is 40.4 Å². The molecule has 1 aromatic heterocycles. The van der Waals surface area contributed by atoms with E-state index < -0.39 is 0 Å². The number of aromatic hydroxyl groups is 1. The molecule has 0 spiro atoms. The number of nitrogens with zero attached hydrogens (tertiary/aromatic N) is 1. The van der Waals surface area contributed by atoms with Gasteiger partial charge in [0.05, 0.1) is 0 Å². The van der Waals surface area contributed by atoms with E-state index in [-0.39, 0.29) is 0 Å². The van der Waals surface area contributed by atoms with Gasteiger partial charge in [0.15, 0.2) is 5.13 Å². The van der Waals surface area contributed by atoms with E-state index >= 15 is 0 Å². The first-order valence-electron chi connectivity index (χ1n) is 6.01. The number of hydrogen-bond acceptors (Lipinski definition) is 4. The molecular weight excluding hydrogens is 244 g/mol. The molecule has 0 saturated heterocycles. The van der Waals surface area contributed by atoms with Gasteiger partial charge in [-0.15, -0.1) is 11.3 Å². The molecule has 1 aromatic carbocycles. The number of aryl methyl sites for hydroxylation is 2. The maximum Gasteiger partial charge on any atom is 0.182 e. The summed E-state index contributed by atoms with van der Waals surface area (Å²) >= 11 is 1.61. The van der Waals surface area contributed by atoms with Gasteiger partial charge in [0.2, 0.25) is 0 Å². The lowest BCUT2D eigenvalue weighted by atomic mass is 9.96. The Kier molecular flexibility index (Phi) is 3.87. The summed E-state index contributed by atoms with van der Waals surface area (Å²) in [6.07, 6.45) is 1.80. The van der Waals surface area contributed by atoms with Crippen LogP contribution in [-0.4, -0.2) is 16.6 Å². The summed E-state index contributed by atoms with van der Waals surface area (Å²) in [4.78, 5) is 4.20. The molecule has 1 heterocycles. The van der Waals surface area contributed by atoms with Crippen molar-refractivity contribution in [2.24, 2.45) is 0 Å². The smallest absolute Gasteiger partial charge is 0.182 e. The van der Waals surface area contributed by atoms with Crippen molar-refractivity contribution in [1.82, 2.24) is 4.98 Å². The van der Waals surface area contributed by atoms with Crippen LogP contribution in [0.1, 0.15) is 29.5 Å². The lowest BCUT2D eigenvalue weighted by Crippen LogP contribution is -2.10. The van der Waals surface area contributed by atoms with Crippen LogP contribution in [0.4, 0.5) is 5.13 Å². The summed E-state index contributed by atoms with van der Waals surface area (Å²) in [7, 11) is 0. The van der Waals surface area contributed by atoms with Gasteiger partial charge in [-0.05, 0) is 36.5 Å². The van der Waals surface area contributed by atoms with E-state index in [9.17, 15) is 5.11 Å². The van der Waals surface area contributed by atoms with Crippen LogP contribution in [0.3, 0.4) is 0 Å². The molecule has 4 heteroatoms. The third-order valence-corrected chi connectivity index (χ3v) is 3.81. The van der Waals surface area contributed by atoms with E-state index in [1.54, 1.807) is 17.5 Å². The minimum atomic E-state index is 0.381. The average molecular weight is 262 g/mol. The fourth-order valence-electron chi connectivity index (χ4n) is 1.94.